The zero-order valence-electron chi connectivity index (χ0n) is 29.9. The van der Waals surface area contributed by atoms with E-state index in [0.717, 1.165) is 48.5 Å². The summed E-state index contributed by atoms with van der Waals surface area (Å²) < 4.78 is 61.9. The average Bonchev–Trinajstić information content (AvgIpc) is 3.05. The summed E-state index contributed by atoms with van der Waals surface area (Å²) in [5.41, 5.74) is 0.386. The number of esters is 7. The Bertz CT molecular complexity index is 1530. The number of nitrogens with zero attached hydrogens (tertiary/aromatic N) is 1. The highest BCUT2D eigenvalue weighted by Crippen LogP contribution is 2.35. The summed E-state index contributed by atoms with van der Waals surface area (Å²) in [6.45, 7) is 6.18. The van der Waals surface area contributed by atoms with Crippen molar-refractivity contribution in [1.82, 2.24) is 0 Å². The Morgan fingerprint density at radius 1 is 0.566 bits per heavy atom. The van der Waals surface area contributed by atoms with E-state index in [2.05, 4.69) is 0 Å². The summed E-state index contributed by atoms with van der Waals surface area (Å²) in [5, 5.41) is 9.99. The Kier molecular flexibility index (Phi) is 15.6. The molecule has 2 heterocycles. The first-order chi connectivity index (χ1) is 25.0. The topological polar surface area (TPSA) is 245 Å². The second kappa shape index (κ2) is 19.6. The first-order valence-corrected chi connectivity index (χ1v) is 16.2. The number of carbonyl (C=O) groups is 7. The summed E-state index contributed by atoms with van der Waals surface area (Å²) in [5.74, 6) is -6.00. The fourth-order valence-electron chi connectivity index (χ4n) is 5.56. The molecule has 0 N–H and O–H groups in total. The summed E-state index contributed by atoms with van der Waals surface area (Å²) >= 11 is 0. The molecule has 1 aromatic carbocycles. The second-order valence-corrected chi connectivity index (χ2v) is 11.7. The normalized spacial score (nSPS) is 28.5. The van der Waals surface area contributed by atoms with Crippen molar-refractivity contribution in [3.63, 3.8) is 0 Å². The van der Waals surface area contributed by atoms with Crippen LogP contribution >= 0.6 is 0 Å². The fourth-order valence-corrected chi connectivity index (χ4v) is 5.56. The van der Waals surface area contributed by atoms with Gasteiger partial charge in [0.05, 0.1) is 12.7 Å². The molecular formula is C34H41NO18. The lowest BCUT2D eigenvalue weighted by Gasteiger charge is -2.46. The quantitative estimate of drug-likeness (QED) is 0.189. The van der Waals surface area contributed by atoms with Crippen molar-refractivity contribution in [1.29, 1.82) is 5.26 Å². The van der Waals surface area contributed by atoms with E-state index >= 15 is 0 Å². The largest absolute Gasteiger partial charge is 0.463 e. The molecule has 19 heteroatoms. The standard InChI is InChI=1S/C34H41NO18/c1-16(36)43-14-25-27(45-17(2)37)29(47-19(4)39)31(49-21(6)41)33(52-25)44-15-26-28(46-18(3)38)30(48-20(5)40)32(50-22(7)42)34(53-26)51-24(13-35)23-11-9-8-10-12-23/h8-12,24-34H,14-15H2,1-7H3/t24-,25+,26-,27+,28-,29-,30+,31+,32-,33+,34-/m1/s1. The summed E-state index contributed by atoms with van der Waals surface area (Å²) in [6.07, 6.45) is -16.9. The molecule has 53 heavy (non-hydrogen) atoms. The third-order valence-electron chi connectivity index (χ3n) is 7.36. The number of ether oxygens (including phenoxy) is 11. The molecule has 0 aliphatic carbocycles. The number of carbonyl (C=O) groups excluding carboxylic acids is 7. The molecule has 0 saturated carbocycles. The highest BCUT2D eigenvalue weighted by atomic mass is 16.8. The van der Waals surface area contributed by atoms with Crippen LogP contribution in [-0.4, -0.2) is 116 Å². The van der Waals surface area contributed by atoms with Gasteiger partial charge < -0.3 is 52.1 Å². The van der Waals surface area contributed by atoms with E-state index in [-0.39, 0.29) is 0 Å². The molecule has 3 rings (SSSR count). The van der Waals surface area contributed by atoms with Crippen LogP contribution in [0.2, 0.25) is 0 Å². The first kappa shape index (κ1) is 42.3. The van der Waals surface area contributed by atoms with Gasteiger partial charge in [-0.3, -0.25) is 33.6 Å². The summed E-state index contributed by atoms with van der Waals surface area (Å²) in [4.78, 5) is 85.3. The molecule has 0 unspecified atom stereocenters. The first-order valence-electron chi connectivity index (χ1n) is 16.2. The monoisotopic (exact) mass is 751 g/mol. The SMILES string of the molecule is CC(=O)OC[C@@H]1O[C@H](OC[C@H]2O[C@@H](O[C@H](C#N)c3ccccc3)[C@H](OC(C)=O)[C@@H](OC(C)=O)[C@@H]2OC(C)=O)[C@@H](OC(C)=O)[C@H](OC(C)=O)[C@H]1OC(C)=O. The zero-order chi connectivity index (χ0) is 39.4. The lowest BCUT2D eigenvalue weighted by atomic mass is 9.97. The van der Waals surface area contributed by atoms with Crippen LogP contribution in [0.15, 0.2) is 30.3 Å². The maximum Gasteiger partial charge on any atom is 0.303 e. The molecule has 2 saturated heterocycles. The van der Waals surface area contributed by atoms with Crippen LogP contribution in [0.4, 0.5) is 0 Å². The van der Waals surface area contributed by atoms with Gasteiger partial charge in [0.1, 0.15) is 18.8 Å². The minimum Gasteiger partial charge on any atom is -0.463 e. The predicted molar refractivity (Wildman–Crippen MR) is 169 cm³/mol. The molecule has 2 aliphatic rings. The molecule has 0 radical (unpaired) electrons. The van der Waals surface area contributed by atoms with Crippen molar-refractivity contribution >= 4 is 41.8 Å². The van der Waals surface area contributed by atoms with Gasteiger partial charge in [0.25, 0.3) is 0 Å². The molecule has 19 nitrogen and oxygen atoms in total. The van der Waals surface area contributed by atoms with Crippen LogP contribution in [0.3, 0.4) is 0 Å². The van der Waals surface area contributed by atoms with Gasteiger partial charge in [0, 0.05) is 48.5 Å². The molecule has 0 amide bonds. The molecule has 1 aromatic rings. The van der Waals surface area contributed by atoms with E-state index in [0.29, 0.717) is 5.56 Å². The number of benzene rings is 1. The van der Waals surface area contributed by atoms with Gasteiger partial charge in [-0.05, 0) is 5.56 Å². The van der Waals surface area contributed by atoms with Gasteiger partial charge in [0.15, 0.2) is 49.0 Å². The van der Waals surface area contributed by atoms with Crippen molar-refractivity contribution in [2.45, 2.75) is 116 Å². The maximum atomic E-state index is 12.4. The van der Waals surface area contributed by atoms with Gasteiger partial charge in [-0.1, -0.05) is 30.3 Å². The highest BCUT2D eigenvalue weighted by molar-refractivity contribution is 5.69. The van der Waals surface area contributed by atoms with Crippen molar-refractivity contribution in [2.75, 3.05) is 13.2 Å². The van der Waals surface area contributed by atoms with Crippen molar-refractivity contribution in [2.24, 2.45) is 0 Å². The van der Waals surface area contributed by atoms with Crippen LogP contribution in [0.25, 0.3) is 0 Å². The zero-order valence-corrected chi connectivity index (χ0v) is 29.9. The Balaban J connectivity index is 2.08. The minimum absolute atomic E-state index is 0.386. The molecule has 0 bridgehead atoms. The van der Waals surface area contributed by atoms with Crippen LogP contribution in [0.1, 0.15) is 60.1 Å². The lowest BCUT2D eigenvalue weighted by molar-refractivity contribution is -0.337. The summed E-state index contributed by atoms with van der Waals surface area (Å²) in [6, 6.07) is 10.2. The fraction of sp³-hybridized carbons (Fsp3) is 0.588. The third-order valence-corrected chi connectivity index (χ3v) is 7.36. The molecule has 11 atom stereocenters. The minimum atomic E-state index is -1.69. The molecule has 290 valence electrons. The predicted octanol–water partition coefficient (Wildman–Crippen LogP) is 0.888. The van der Waals surface area contributed by atoms with Gasteiger partial charge in [0.2, 0.25) is 6.29 Å². The molecule has 2 aliphatic heterocycles. The van der Waals surface area contributed by atoms with Gasteiger partial charge in [-0.2, -0.15) is 5.26 Å². The van der Waals surface area contributed by atoms with Crippen LogP contribution < -0.4 is 0 Å². The van der Waals surface area contributed by atoms with Gasteiger partial charge in [-0.25, -0.2) is 0 Å². The van der Waals surface area contributed by atoms with Crippen molar-refractivity contribution in [3.8, 4) is 6.07 Å². The van der Waals surface area contributed by atoms with Crippen molar-refractivity contribution in [3.05, 3.63) is 35.9 Å². The van der Waals surface area contributed by atoms with E-state index < -0.39 is 123 Å². The Hall–Kier alpha value is -5.16. The number of hydrogen-bond acceptors (Lipinski definition) is 19. The number of nitriles is 1. The Morgan fingerprint density at radius 2 is 0.962 bits per heavy atom. The second-order valence-electron chi connectivity index (χ2n) is 11.7. The Labute approximate surface area is 303 Å². The molecule has 2 fully saturated rings. The van der Waals surface area contributed by atoms with E-state index in [1.165, 1.54) is 0 Å². The van der Waals surface area contributed by atoms with Crippen LogP contribution in [0, 0.1) is 11.3 Å². The lowest BCUT2D eigenvalue weighted by Crippen LogP contribution is -2.65. The smallest absolute Gasteiger partial charge is 0.303 e. The van der Waals surface area contributed by atoms with E-state index in [4.69, 9.17) is 52.1 Å². The van der Waals surface area contributed by atoms with E-state index in [1.807, 2.05) is 6.07 Å². The molecule has 0 aromatic heterocycles. The van der Waals surface area contributed by atoms with Crippen LogP contribution in [0.5, 0.6) is 0 Å². The van der Waals surface area contributed by atoms with Crippen LogP contribution in [-0.2, 0) is 85.7 Å². The number of rotatable bonds is 14. The van der Waals surface area contributed by atoms with Crippen molar-refractivity contribution < 1.29 is 85.7 Å². The molecular weight excluding hydrogens is 710 g/mol. The molecule has 0 spiro atoms. The average molecular weight is 752 g/mol. The van der Waals surface area contributed by atoms with Gasteiger partial charge in [-0.15, -0.1) is 0 Å². The van der Waals surface area contributed by atoms with Gasteiger partial charge >= 0.3 is 41.8 Å². The Morgan fingerprint density at radius 3 is 1.40 bits per heavy atom. The van der Waals surface area contributed by atoms with E-state index in [1.54, 1.807) is 30.3 Å². The number of hydrogen-bond donors (Lipinski definition) is 0. The summed E-state index contributed by atoms with van der Waals surface area (Å²) in [7, 11) is 0. The van der Waals surface area contributed by atoms with E-state index in [9.17, 15) is 38.8 Å². The maximum absolute atomic E-state index is 12.4. The highest BCUT2D eigenvalue weighted by Gasteiger charge is 2.56. The third kappa shape index (κ3) is 12.5.